The predicted molar refractivity (Wildman–Crippen MR) is 72.5 cm³/mol. The number of rotatable bonds is 4. The summed E-state index contributed by atoms with van der Waals surface area (Å²) in [6.45, 7) is 2.61. The Morgan fingerprint density at radius 3 is 2.71 bits per heavy atom. The molecule has 2 aromatic heterocycles. The predicted octanol–water partition coefficient (Wildman–Crippen LogP) is 2.62. The van der Waals surface area contributed by atoms with Gasteiger partial charge in [0.05, 0.1) is 9.21 Å². The van der Waals surface area contributed by atoms with Gasteiger partial charge in [0.2, 0.25) is 0 Å². The fraction of sp³-hybridized carbons (Fsp3) is 0.273. The van der Waals surface area contributed by atoms with Crippen LogP contribution in [0.4, 0.5) is 5.82 Å². The zero-order valence-electron chi connectivity index (χ0n) is 9.35. The minimum Gasteiger partial charge on any atom is -0.367 e. The molecule has 0 saturated heterocycles. The van der Waals surface area contributed by atoms with Crippen molar-refractivity contribution in [3.63, 3.8) is 0 Å². The van der Waals surface area contributed by atoms with Crippen molar-refractivity contribution < 1.29 is 0 Å². The average molecular weight is 269 g/mol. The van der Waals surface area contributed by atoms with Crippen molar-refractivity contribution in [1.29, 1.82) is 0 Å². The van der Waals surface area contributed by atoms with Gasteiger partial charge < -0.3 is 11.1 Å². The largest absolute Gasteiger partial charge is 0.367 e. The lowest BCUT2D eigenvalue weighted by Crippen LogP contribution is -2.25. The van der Waals surface area contributed by atoms with Crippen molar-refractivity contribution >= 4 is 28.8 Å². The van der Waals surface area contributed by atoms with Gasteiger partial charge in [0.15, 0.2) is 0 Å². The molecule has 0 aliphatic heterocycles. The third-order valence-corrected chi connectivity index (χ3v) is 3.35. The van der Waals surface area contributed by atoms with Gasteiger partial charge in [-0.15, -0.1) is 21.5 Å². The second-order valence-electron chi connectivity index (χ2n) is 3.77. The molecule has 2 aromatic rings. The normalized spacial score (nSPS) is 12.4. The van der Waals surface area contributed by atoms with E-state index in [4.69, 9.17) is 17.3 Å². The van der Waals surface area contributed by atoms with E-state index in [2.05, 4.69) is 15.5 Å². The molecule has 0 aliphatic carbocycles. The van der Waals surface area contributed by atoms with Crippen molar-refractivity contribution in [3.05, 3.63) is 28.6 Å². The molecule has 90 valence electrons. The Labute approximate surface area is 109 Å². The van der Waals surface area contributed by atoms with Gasteiger partial charge in [-0.25, -0.2) is 0 Å². The molecule has 1 unspecified atom stereocenters. The lowest BCUT2D eigenvalue weighted by molar-refractivity contribution is 0.775. The van der Waals surface area contributed by atoms with Crippen LogP contribution in [0.25, 0.3) is 10.6 Å². The molecule has 0 saturated carbocycles. The van der Waals surface area contributed by atoms with Crippen LogP contribution in [0.2, 0.25) is 4.34 Å². The van der Waals surface area contributed by atoms with Gasteiger partial charge >= 0.3 is 0 Å². The first-order valence-corrected chi connectivity index (χ1v) is 6.43. The van der Waals surface area contributed by atoms with Gasteiger partial charge in [0.25, 0.3) is 0 Å². The third-order valence-electron chi connectivity index (χ3n) is 2.10. The van der Waals surface area contributed by atoms with Crippen molar-refractivity contribution in [2.45, 2.75) is 13.0 Å². The van der Waals surface area contributed by atoms with Crippen LogP contribution in [-0.2, 0) is 0 Å². The summed E-state index contributed by atoms with van der Waals surface area (Å²) < 4.78 is 0.751. The van der Waals surface area contributed by atoms with Crippen LogP contribution in [0.5, 0.6) is 0 Å². The van der Waals surface area contributed by atoms with Crippen molar-refractivity contribution in [2.24, 2.45) is 5.73 Å². The summed E-state index contributed by atoms with van der Waals surface area (Å²) in [6.07, 6.45) is 0. The molecule has 2 rings (SSSR count). The number of nitrogens with one attached hydrogen (secondary N) is 1. The summed E-state index contributed by atoms with van der Waals surface area (Å²) in [6, 6.07) is 7.68. The number of thiophene rings is 1. The highest BCUT2D eigenvalue weighted by molar-refractivity contribution is 7.19. The zero-order chi connectivity index (χ0) is 12.3. The molecule has 0 bridgehead atoms. The number of nitrogens with zero attached hydrogens (tertiary/aromatic N) is 2. The van der Waals surface area contributed by atoms with E-state index in [0.717, 1.165) is 20.7 Å². The Hall–Kier alpha value is -1.17. The summed E-state index contributed by atoms with van der Waals surface area (Å²) >= 11 is 7.36. The molecule has 0 amide bonds. The molecule has 0 aromatic carbocycles. The molecular formula is C11H13ClN4S. The number of halogens is 1. The Kier molecular flexibility index (Phi) is 3.93. The van der Waals surface area contributed by atoms with Crippen LogP contribution < -0.4 is 11.1 Å². The summed E-state index contributed by atoms with van der Waals surface area (Å²) in [4.78, 5) is 1.02. The van der Waals surface area contributed by atoms with E-state index in [9.17, 15) is 0 Å². The minimum atomic E-state index is 0.0904. The van der Waals surface area contributed by atoms with E-state index in [1.54, 1.807) is 0 Å². The molecule has 2 heterocycles. The first-order chi connectivity index (χ1) is 8.15. The van der Waals surface area contributed by atoms with Gasteiger partial charge in [-0.1, -0.05) is 11.6 Å². The highest BCUT2D eigenvalue weighted by Crippen LogP contribution is 2.29. The van der Waals surface area contributed by atoms with E-state index in [-0.39, 0.29) is 6.04 Å². The Morgan fingerprint density at radius 2 is 2.18 bits per heavy atom. The van der Waals surface area contributed by atoms with Crippen molar-refractivity contribution in [2.75, 3.05) is 11.9 Å². The maximum Gasteiger partial charge on any atom is 0.148 e. The van der Waals surface area contributed by atoms with Gasteiger partial charge in [-0.05, 0) is 31.2 Å². The van der Waals surface area contributed by atoms with Crippen LogP contribution in [-0.4, -0.2) is 22.8 Å². The number of hydrogen-bond donors (Lipinski definition) is 2. The second kappa shape index (κ2) is 5.44. The van der Waals surface area contributed by atoms with E-state index in [0.29, 0.717) is 6.54 Å². The molecule has 1 atom stereocenters. The average Bonchev–Trinajstić information content (AvgIpc) is 2.74. The smallest absolute Gasteiger partial charge is 0.148 e. The summed E-state index contributed by atoms with van der Waals surface area (Å²) in [5, 5.41) is 11.3. The molecule has 4 nitrogen and oxygen atoms in total. The van der Waals surface area contributed by atoms with Gasteiger partial charge in [0.1, 0.15) is 11.5 Å². The van der Waals surface area contributed by atoms with Gasteiger partial charge in [-0.3, -0.25) is 0 Å². The van der Waals surface area contributed by atoms with E-state index in [1.807, 2.05) is 31.2 Å². The maximum atomic E-state index is 5.87. The number of anilines is 1. The van der Waals surface area contributed by atoms with Crippen LogP contribution in [0.15, 0.2) is 24.3 Å². The monoisotopic (exact) mass is 268 g/mol. The molecular weight excluding hydrogens is 256 g/mol. The van der Waals surface area contributed by atoms with E-state index < -0.39 is 0 Å². The van der Waals surface area contributed by atoms with Crippen LogP contribution in [0.1, 0.15) is 6.92 Å². The van der Waals surface area contributed by atoms with Gasteiger partial charge in [0, 0.05) is 12.6 Å². The van der Waals surface area contributed by atoms with E-state index in [1.165, 1.54) is 11.3 Å². The quantitative estimate of drug-likeness (QED) is 0.895. The third kappa shape index (κ3) is 3.39. The number of nitrogens with two attached hydrogens (primary N) is 1. The summed E-state index contributed by atoms with van der Waals surface area (Å²) in [5.41, 5.74) is 6.47. The second-order valence-corrected chi connectivity index (χ2v) is 5.48. The zero-order valence-corrected chi connectivity index (χ0v) is 10.9. The topological polar surface area (TPSA) is 63.8 Å². The highest BCUT2D eigenvalue weighted by Gasteiger charge is 2.04. The van der Waals surface area contributed by atoms with Crippen molar-refractivity contribution in [1.82, 2.24) is 10.2 Å². The Balaban J connectivity index is 2.07. The molecule has 3 N–H and O–H groups in total. The SMILES string of the molecule is CC(N)CNc1ccc(-c2ccc(Cl)s2)nn1. The van der Waals surface area contributed by atoms with Gasteiger partial charge in [-0.2, -0.15) is 0 Å². The molecule has 17 heavy (non-hydrogen) atoms. The fourth-order valence-electron chi connectivity index (χ4n) is 1.28. The van der Waals surface area contributed by atoms with Crippen LogP contribution in [0.3, 0.4) is 0 Å². The van der Waals surface area contributed by atoms with Crippen LogP contribution in [0, 0.1) is 0 Å². The Bertz CT molecular complexity index is 480. The highest BCUT2D eigenvalue weighted by atomic mass is 35.5. The van der Waals surface area contributed by atoms with E-state index >= 15 is 0 Å². The standard InChI is InChI=1S/C11H13ClN4S/c1-7(13)6-14-11-5-2-8(15-16-11)9-3-4-10(12)17-9/h2-5,7H,6,13H2,1H3,(H,14,16). The first-order valence-electron chi connectivity index (χ1n) is 5.24. The molecule has 0 aliphatic rings. The minimum absolute atomic E-state index is 0.0904. The molecule has 6 heteroatoms. The van der Waals surface area contributed by atoms with Crippen molar-refractivity contribution in [3.8, 4) is 10.6 Å². The van der Waals surface area contributed by atoms with Crippen LogP contribution >= 0.6 is 22.9 Å². The fourth-order valence-corrected chi connectivity index (χ4v) is 2.28. The molecule has 0 radical (unpaired) electrons. The lowest BCUT2D eigenvalue weighted by atomic mass is 10.3. The first kappa shape index (κ1) is 12.3. The number of aromatic nitrogens is 2. The summed E-state index contributed by atoms with van der Waals surface area (Å²) in [7, 11) is 0. The lowest BCUT2D eigenvalue weighted by Gasteiger charge is -2.07. The Morgan fingerprint density at radius 1 is 1.35 bits per heavy atom. The maximum absolute atomic E-state index is 5.87. The molecule has 0 fully saturated rings. The molecule has 0 spiro atoms. The summed E-state index contributed by atoms with van der Waals surface area (Å²) in [5.74, 6) is 0.730. The number of hydrogen-bond acceptors (Lipinski definition) is 5.